The smallest absolute Gasteiger partial charge is 0.237 e. The SMILES string of the molecule is CCCCNC(=O)C(C)N(C)Cc1ccccc1CN. The van der Waals surface area contributed by atoms with E-state index in [0.717, 1.165) is 31.5 Å². The molecule has 1 atom stereocenters. The van der Waals surface area contributed by atoms with Gasteiger partial charge in [-0.3, -0.25) is 9.69 Å². The Morgan fingerprint density at radius 3 is 2.60 bits per heavy atom. The number of hydrogen-bond donors (Lipinski definition) is 2. The number of nitrogens with one attached hydrogen (secondary N) is 1. The highest BCUT2D eigenvalue weighted by Gasteiger charge is 2.18. The molecule has 0 aliphatic rings. The molecular weight excluding hydrogens is 250 g/mol. The molecule has 1 amide bonds. The molecule has 1 unspecified atom stereocenters. The van der Waals surface area contributed by atoms with Crippen molar-refractivity contribution in [2.45, 2.75) is 45.8 Å². The summed E-state index contributed by atoms with van der Waals surface area (Å²) in [5, 5.41) is 2.97. The number of nitrogens with two attached hydrogens (primary N) is 1. The highest BCUT2D eigenvalue weighted by atomic mass is 16.2. The van der Waals surface area contributed by atoms with Gasteiger partial charge in [-0.25, -0.2) is 0 Å². The number of likely N-dealkylation sites (N-methyl/N-ethyl adjacent to an activating group) is 1. The lowest BCUT2D eigenvalue weighted by Gasteiger charge is -2.24. The van der Waals surface area contributed by atoms with Crippen molar-refractivity contribution in [3.05, 3.63) is 35.4 Å². The second-order valence-corrected chi connectivity index (χ2v) is 5.21. The molecule has 0 saturated heterocycles. The van der Waals surface area contributed by atoms with Crippen LogP contribution in [0.25, 0.3) is 0 Å². The molecular formula is C16H27N3O. The molecule has 0 aliphatic carbocycles. The van der Waals surface area contributed by atoms with E-state index < -0.39 is 0 Å². The first-order valence-corrected chi connectivity index (χ1v) is 7.35. The maximum Gasteiger partial charge on any atom is 0.237 e. The maximum absolute atomic E-state index is 12.0. The molecule has 0 spiro atoms. The number of nitrogens with zero attached hydrogens (tertiary/aromatic N) is 1. The summed E-state index contributed by atoms with van der Waals surface area (Å²) in [6.07, 6.45) is 2.12. The zero-order chi connectivity index (χ0) is 15.0. The van der Waals surface area contributed by atoms with Crippen LogP contribution in [0, 0.1) is 0 Å². The first kappa shape index (κ1) is 16.7. The van der Waals surface area contributed by atoms with Crippen LogP contribution in [0.5, 0.6) is 0 Å². The number of carbonyl (C=O) groups excluding carboxylic acids is 1. The molecule has 0 aromatic heterocycles. The van der Waals surface area contributed by atoms with Crippen LogP contribution < -0.4 is 11.1 Å². The van der Waals surface area contributed by atoms with Gasteiger partial charge in [0.05, 0.1) is 6.04 Å². The molecule has 0 heterocycles. The van der Waals surface area contributed by atoms with Crippen LogP contribution >= 0.6 is 0 Å². The molecule has 4 nitrogen and oxygen atoms in total. The Labute approximate surface area is 122 Å². The molecule has 1 rings (SSSR count). The summed E-state index contributed by atoms with van der Waals surface area (Å²) in [5.74, 6) is 0.0891. The summed E-state index contributed by atoms with van der Waals surface area (Å²) in [7, 11) is 1.97. The van der Waals surface area contributed by atoms with Gasteiger partial charge in [-0.1, -0.05) is 37.6 Å². The van der Waals surface area contributed by atoms with Gasteiger partial charge in [-0.05, 0) is 31.5 Å². The topological polar surface area (TPSA) is 58.4 Å². The Balaban J connectivity index is 2.56. The molecule has 0 radical (unpaired) electrons. The van der Waals surface area contributed by atoms with E-state index in [9.17, 15) is 4.79 Å². The molecule has 112 valence electrons. The van der Waals surface area contributed by atoms with Crippen LogP contribution in [0.1, 0.15) is 37.8 Å². The van der Waals surface area contributed by atoms with Crippen LogP contribution in [-0.2, 0) is 17.9 Å². The van der Waals surface area contributed by atoms with Gasteiger partial charge < -0.3 is 11.1 Å². The molecule has 4 heteroatoms. The number of unbranched alkanes of at least 4 members (excludes halogenated alkanes) is 1. The van der Waals surface area contributed by atoms with Crippen molar-refractivity contribution < 1.29 is 4.79 Å². The average Bonchev–Trinajstić information content (AvgIpc) is 2.47. The zero-order valence-electron chi connectivity index (χ0n) is 12.9. The number of carbonyl (C=O) groups is 1. The lowest BCUT2D eigenvalue weighted by molar-refractivity contribution is -0.125. The summed E-state index contributed by atoms with van der Waals surface area (Å²) in [4.78, 5) is 14.1. The molecule has 1 aromatic rings. The van der Waals surface area contributed by atoms with Crippen LogP contribution in [0.2, 0.25) is 0 Å². The minimum atomic E-state index is -0.141. The van der Waals surface area contributed by atoms with E-state index in [0.29, 0.717) is 6.54 Å². The molecule has 0 bridgehead atoms. The second kappa shape index (κ2) is 8.72. The Morgan fingerprint density at radius 1 is 1.35 bits per heavy atom. The summed E-state index contributed by atoms with van der Waals surface area (Å²) in [6, 6.07) is 7.97. The number of benzene rings is 1. The van der Waals surface area contributed by atoms with Gasteiger partial charge in [0.2, 0.25) is 5.91 Å². The minimum Gasteiger partial charge on any atom is -0.355 e. The lowest BCUT2D eigenvalue weighted by atomic mass is 10.1. The van der Waals surface area contributed by atoms with E-state index >= 15 is 0 Å². The van der Waals surface area contributed by atoms with Crippen LogP contribution in [0.15, 0.2) is 24.3 Å². The molecule has 0 saturated carbocycles. The van der Waals surface area contributed by atoms with Crippen molar-refractivity contribution in [3.8, 4) is 0 Å². The lowest BCUT2D eigenvalue weighted by Crippen LogP contribution is -2.43. The Kier molecular flexibility index (Phi) is 7.26. The third-order valence-electron chi connectivity index (χ3n) is 3.63. The fourth-order valence-corrected chi connectivity index (χ4v) is 2.05. The third kappa shape index (κ3) is 4.94. The number of hydrogen-bond acceptors (Lipinski definition) is 3. The van der Waals surface area contributed by atoms with E-state index in [-0.39, 0.29) is 11.9 Å². The van der Waals surface area contributed by atoms with Crippen LogP contribution in [-0.4, -0.2) is 30.4 Å². The molecule has 0 fully saturated rings. The van der Waals surface area contributed by atoms with E-state index in [2.05, 4.69) is 23.2 Å². The molecule has 0 aliphatic heterocycles. The van der Waals surface area contributed by atoms with Crippen molar-refractivity contribution in [1.29, 1.82) is 0 Å². The largest absolute Gasteiger partial charge is 0.355 e. The summed E-state index contributed by atoms with van der Waals surface area (Å²) in [5.41, 5.74) is 8.07. The van der Waals surface area contributed by atoms with Gasteiger partial charge in [-0.15, -0.1) is 0 Å². The third-order valence-corrected chi connectivity index (χ3v) is 3.63. The quantitative estimate of drug-likeness (QED) is 0.713. The summed E-state index contributed by atoms with van der Waals surface area (Å²) >= 11 is 0. The molecule has 1 aromatic carbocycles. The van der Waals surface area contributed by atoms with Crippen molar-refractivity contribution in [3.63, 3.8) is 0 Å². The fourth-order valence-electron chi connectivity index (χ4n) is 2.05. The van der Waals surface area contributed by atoms with Gasteiger partial charge in [0.15, 0.2) is 0 Å². The van der Waals surface area contributed by atoms with Gasteiger partial charge in [0, 0.05) is 19.6 Å². The van der Waals surface area contributed by atoms with Gasteiger partial charge in [-0.2, -0.15) is 0 Å². The van der Waals surface area contributed by atoms with Gasteiger partial charge in [0.1, 0.15) is 0 Å². The second-order valence-electron chi connectivity index (χ2n) is 5.21. The van der Waals surface area contributed by atoms with Crippen LogP contribution in [0.4, 0.5) is 0 Å². The van der Waals surface area contributed by atoms with Crippen LogP contribution in [0.3, 0.4) is 0 Å². The predicted octanol–water partition coefficient (Wildman–Crippen LogP) is 1.88. The highest BCUT2D eigenvalue weighted by Crippen LogP contribution is 2.12. The first-order chi connectivity index (χ1) is 9.60. The zero-order valence-corrected chi connectivity index (χ0v) is 12.9. The van der Waals surface area contributed by atoms with E-state index in [1.165, 1.54) is 5.56 Å². The average molecular weight is 277 g/mol. The molecule has 3 N–H and O–H groups in total. The number of amides is 1. The van der Waals surface area contributed by atoms with Crippen molar-refractivity contribution in [2.24, 2.45) is 5.73 Å². The maximum atomic E-state index is 12.0. The highest BCUT2D eigenvalue weighted by molar-refractivity contribution is 5.81. The van der Waals surface area contributed by atoms with Crippen molar-refractivity contribution in [1.82, 2.24) is 10.2 Å². The standard InChI is InChI=1S/C16H27N3O/c1-4-5-10-18-16(20)13(2)19(3)12-15-9-7-6-8-14(15)11-17/h6-9,13H,4-5,10-12,17H2,1-3H3,(H,18,20). The molecule has 20 heavy (non-hydrogen) atoms. The van der Waals surface area contributed by atoms with E-state index in [1.54, 1.807) is 0 Å². The summed E-state index contributed by atoms with van der Waals surface area (Å²) in [6.45, 7) is 6.07. The van der Waals surface area contributed by atoms with Crippen molar-refractivity contribution in [2.75, 3.05) is 13.6 Å². The number of rotatable bonds is 8. The minimum absolute atomic E-state index is 0.0891. The predicted molar refractivity (Wildman–Crippen MR) is 83.2 cm³/mol. The summed E-state index contributed by atoms with van der Waals surface area (Å²) < 4.78 is 0. The Hall–Kier alpha value is -1.39. The van der Waals surface area contributed by atoms with Gasteiger partial charge >= 0.3 is 0 Å². The van der Waals surface area contributed by atoms with E-state index in [4.69, 9.17) is 5.73 Å². The Bertz CT molecular complexity index is 420. The van der Waals surface area contributed by atoms with Gasteiger partial charge in [0.25, 0.3) is 0 Å². The fraction of sp³-hybridized carbons (Fsp3) is 0.562. The monoisotopic (exact) mass is 277 g/mol. The van der Waals surface area contributed by atoms with E-state index in [1.807, 2.05) is 32.2 Å². The van der Waals surface area contributed by atoms with Crippen molar-refractivity contribution >= 4 is 5.91 Å². The first-order valence-electron chi connectivity index (χ1n) is 7.35. The Morgan fingerprint density at radius 2 is 2.00 bits per heavy atom. The normalized spacial score (nSPS) is 12.4.